The molecule has 0 bridgehead atoms. The van der Waals surface area contributed by atoms with Crippen molar-refractivity contribution in [3.8, 4) is 0 Å². The van der Waals surface area contributed by atoms with Gasteiger partial charge in [-0.1, -0.05) is 6.92 Å². The highest BCUT2D eigenvalue weighted by Crippen LogP contribution is 2.21. The normalized spacial score (nSPS) is 13.4. The smallest absolute Gasteiger partial charge is 0.243 e. The lowest BCUT2D eigenvalue weighted by Gasteiger charge is -2.14. The van der Waals surface area contributed by atoms with Crippen LogP contribution in [0.4, 0.5) is 8.78 Å². The molecule has 4 nitrogen and oxygen atoms in total. The van der Waals surface area contributed by atoms with Crippen molar-refractivity contribution in [1.29, 1.82) is 0 Å². The minimum atomic E-state index is -3.99. The second-order valence-electron chi connectivity index (χ2n) is 4.78. The summed E-state index contributed by atoms with van der Waals surface area (Å²) in [5, 5.41) is 2.61. The van der Waals surface area contributed by atoms with Crippen molar-refractivity contribution in [3.05, 3.63) is 29.3 Å². The Balaban J connectivity index is 3.01. The molecule has 2 N–H and O–H groups in total. The summed E-state index contributed by atoms with van der Waals surface area (Å²) in [6.07, 6.45) is 1.93. The van der Waals surface area contributed by atoms with Crippen LogP contribution in [0, 0.1) is 17.6 Å². The molecule has 0 heterocycles. The van der Waals surface area contributed by atoms with Crippen molar-refractivity contribution in [3.63, 3.8) is 0 Å². The maximum atomic E-state index is 14.2. The van der Waals surface area contributed by atoms with Crippen LogP contribution >= 0.6 is 11.8 Å². The van der Waals surface area contributed by atoms with Crippen LogP contribution in [0.1, 0.15) is 12.5 Å². The second-order valence-corrected chi connectivity index (χ2v) is 7.43. The largest absolute Gasteiger partial charge is 0.315 e. The van der Waals surface area contributed by atoms with Gasteiger partial charge in [0.2, 0.25) is 10.0 Å². The second kappa shape index (κ2) is 8.07. The average molecular weight is 338 g/mol. The first kappa shape index (κ1) is 18.3. The number of rotatable bonds is 8. The Morgan fingerprint density at radius 1 is 1.33 bits per heavy atom. The van der Waals surface area contributed by atoms with Gasteiger partial charge in [0.15, 0.2) is 5.82 Å². The molecule has 0 amide bonds. The van der Waals surface area contributed by atoms with Gasteiger partial charge in [0.05, 0.1) is 0 Å². The van der Waals surface area contributed by atoms with Gasteiger partial charge in [-0.25, -0.2) is 21.9 Å². The van der Waals surface area contributed by atoms with Gasteiger partial charge in [0.1, 0.15) is 10.7 Å². The zero-order valence-corrected chi connectivity index (χ0v) is 13.9. The van der Waals surface area contributed by atoms with Crippen LogP contribution in [0.25, 0.3) is 0 Å². The molecule has 0 saturated carbocycles. The summed E-state index contributed by atoms with van der Waals surface area (Å²) in [5.41, 5.74) is -0.280. The lowest BCUT2D eigenvalue weighted by atomic mass is 10.2. The van der Waals surface area contributed by atoms with Crippen molar-refractivity contribution in [1.82, 2.24) is 10.0 Å². The highest BCUT2D eigenvalue weighted by atomic mass is 32.2. The molecule has 0 fully saturated rings. The minimum Gasteiger partial charge on any atom is -0.315 e. The summed E-state index contributed by atoms with van der Waals surface area (Å²) in [6, 6.07) is 1.92. The predicted molar refractivity (Wildman–Crippen MR) is 81.9 cm³/mol. The molecular formula is C13H20F2N2O2S2. The van der Waals surface area contributed by atoms with E-state index in [9.17, 15) is 17.2 Å². The lowest BCUT2D eigenvalue weighted by Crippen LogP contribution is -2.30. The monoisotopic (exact) mass is 338 g/mol. The maximum Gasteiger partial charge on any atom is 0.243 e. The summed E-state index contributed by atoms with van der Waals surface area (Å²) in [5.74, 6) is -0.902. The number of hydrogen-bond acceptors (Lipinski definition) is 4. The first-order chi connectivity index (χ1) is 9.83. The molecule has 8 heteroatoms. The quantitative estimate of drug-likeness (QED) is 0.761. The number of halogens is 2. The Labute approximate surface area is 128 Å². The molecule has 0 radical (unpaired) electrons. The Hall–Kier alpha value is -0.700. The molecule has 0 saturated heterocycles. The first-order valence-corrected chi connectivity index (χ1v) is 9.31. The molecule has 21 heavy (non-hydrogen) atoms. The van der Waals surface area contributed by atoms with E-state index in [0.717, 1.165) is 17.9 Å². The van der Waals surface area contributed by atoms with E-state index < -0.39 is 26.6 Å². The van der Waals surface area contributed by atoms with Crippen LogP contribution in [0.3, 0.4) is 0 Å². The van der Waals surface area contributed by atoms with Crippen LogP contribution in [0.5, 0.6) is 0 Å². The third kappa shape index (κ3) is 4.91. The molecular weight excluding hydrogens is 318 g/mol. The first-order valence-electron chi connectivity index (χ1n) is 6.43. The number of hydrogen-bond donors (Lipinski definition) is 2. The van der Waals surface area contributed by atoms with Crippen molar-refractivity contribution in [2.45, 2.75) is 18.4 Å². The van der Waals surface area contributed by atoms with Crippen molar-refractivity contribution in [2.75, 3.05) is 25.6 Å². The van der Waals surface area contributed by atoms with E-state index in [1.807, 2.05) is 13.2 Å². The van der Waals surface area contributed by atoms with Gasteiger partial charge in [-0.2, -0.15) is 11.8 Å². The van der Waals surface area contributed by atoms with E-state index in [1.165, 1.54) is 7.05 Å². The highest BCUT2D eigenvalue weighted by molar-refractivity contribution is 7.98. The van der Waals surface area contributed by atoms with Gasteiger partial charge in [-0.15, -0.1) is 0 Å². The van der Waals surface area contributed by atoms with Crippen molar-refractivity contribution < 1.29 is 17.2 Å². The third-order valence-electron chi connectivity index (χ3n) is 2.87. The van der Waals surface area contributed by atoms with Crippen molar-refractivity contribution >= 4 is 21.8 Å². The standard InChI is InChI=1S/C13H20F2N2O2S2/c1-9(8-20-3)6-17-21(18,19)12-5-4-11(14)10(7-16-2)13(12)15/h4-5,9,16-17H,6-8H2,1-3H3. The van der Waals surface area contributed by atoms with E-state index >= 15 is 0 Å². The van der Waals surface area contributed by atoms with Gasteiger partial charge >= 0.3 is 0 Å². The zero-order valence-electron chi connectivity index (χ0n) is 12.2. The topological polar surface area (TPSA) is 58.2 Å². The van der Waals surface area contributed by atoms with Crippen LogP contribution in [-0.2, 0) is 16.6 Å². The van der Waals surface area contributed by atoms with E-state index in [-0.39, 0.29) is 24.6 Å². The van der Waals surface area contributed by atoms with Crippen LogP contribution in [-0.4, -0.2) is 34.0 Å². The third-order valence-corrected chi connectivity index (χ3v) is 5.21. The summed E-state index contributed by atoms with van der Waals surface area (Å²) >= 11 is 1.60. The molecule has 1 rings (SSSR count). The summed E-state index contributed by atoms with van der Waals surface area (Å²) < 4.78 is 54.3. The predicted octanol–water partition coefficient (Wildman–Crippen LogP) is 1.96. The van der Waals surface area contributed by atoms with E-state index in [0.29, 0.717) is 0 Å². The van der Waals surface area contributed by atoms with Gasteiger partial charge in [-0.05, 0) is 37.1 Å². The number of sulfonamides is 1. The molecule has 0 aliphatic rings. The molecule has 120 valence electrons. The number of thioether (sulfide) groups is 1. The summed E-state index contributed by atoms with van der Waals surface area (Å²) in [7, 11) is -2.46. The van der Waals surface area contributed by atoms with Crippen molar-refractivity contribution in [2.24, 2.45) is 5.92 Å². The Morgan fingerprint density at radius 3 is 2.57 bits per heavy atom. The van der Waals surface area contributed by atoms with E-state index in [4.69, 9.17) is 0 Å². The Kier molecular flexibility index (Phi) is 7.05. The maximum absolute atomic E-state index is 14.2. The Bertz CT molecular complexity index is 580. The molecule has 0 aliphatic carbocycles. The Morgan fingerprint density at radius 2 is 2.00 bits per heavy atom. The molecule has 1 aromatic carbocycles. The fourth-order valence-electron chi connectivity index (χ4n) is 1.80. The molecule has 0 aromatic heterocycles. The van der Waals surface area contributed by atoms with Gasteiger partial charge < -0.3 is 5.32 Å². The van der Waals surface area contributed by atoms with Crippen LogP contribution in [0.2, 0.25) is 0 Å². The average Bonchev–Trinajstić information content (AvgIpc) is 2.41. The summed E-state index contributed by atoms with van der Waals surface area (Å²) in [4.78, 5) is -0.523. The van der Waals surface area contributed by atoms with Crippen LogP contribution < -0.4 is 10.0 Å². The molecule has 1 unspecified atom stereocenters. The summed E-state index contributed by atoms with van der Waals surface area (Å²) in [6.45, 7) is 2.03. The lowest BCUT2D eigenvalue weighted by molar-refractivity contribution is 0.515. The molecule has 1 atom stereocenters. The number of benzene rings is 1. The minimum absolute atomic E-state index is 0.0795. The van der Waals surface area contributed by atoms with E-state index in [1.54, 1.807) is 11.8 Å². The molecule has 1 aromatic rings. The van der Waals surface area contributed by atoms with Gasteiger partial charge in [0.25, 0.3) is 0 Å². The fourth-order valence-corrected chi connectivity index (χ4v) is 3.75. The van der Waals surface area contributed by atoms with E-state index in [2.05, 4.69) is 10.0 Å². The number of nitrogens with one attached hydrogen (secondary N) is 2. The van der Waals surface area contributed by atoms with Gasteiger partial charge in [0, 0.05) is 18.7 Å². The van der Waals surface area contributed by atoms with Crippen LogP contribution in [0.15, 0.2) is 17.0 Å². The highest BCUT2D eigenvalue weighted by Gasteiger charge is 2.23. The zero-order chi connectivity index (χ0) is 16.0. The van der Waals surface area contributed by atoms with Gasteiger partial charge in [-0.3, -0.25) is 0 Å². The fraction of sp³-hybridized carbons (Fsp3) is 0.538. The SMILES string of the molecule is CNCc1c(F)ccc(S(=O)(=O)NCC(C)CSC)c1F. The molecule has 0 aliphatic heterocycles. The molecule has 0 spiro atoms.